The van der Waals surface area contributed by atoms with E-state index in [1.54, 1.807) is 12.1 Å². The fourth-order valence-electron chi connectivity index (χ4n) is 2.60. The SMILES string of the molecule is CC(C)=C[C@@H]1[C@@H](C(=O)Nc2ccc(F)cc2)C1(C)C. The molecule has 0 unspecified atom stereocenters. The Bertz CT molecular complexity index is 512. The molecule has 0 heterocycles. The smallest absolute Gasteiger partial charge is 0.228 e. The summed E-state index contributed by atoms with van der Waals surface area (Å²) >= 11 is 0. The third-order valence-electron chi connectivity index (χ3n) is 3.82. The number of allylic oxidation sites excluding steroid dienone is 2. The lowest BCUT2D eigenvalue weighted by molar-refractivity contribution is -0.118. The van der Waals surface area contributed by atoms with E-state index in [9.17, 15) is 9.18 Å². The Morgan fingerprint density at radius 1 is 1.26 bits per heavy atom. The molecule has 1 N–H and O–H groups in total. The molecule has 0 spiro atoms. The van der Waals surface area contributed by atoms with Crippen molar-refractivity contribution in [2.75, 3.05) is 5.32 Å². The second kappa shape index (κ2) is 4.80. The van der Waals surface area contributed by atoms with Crippen LogP contribution in [-0.2, 0) is 4.79 Å². The number of carbonyl (C=O) groups excluding carboxylic acids is 1. The van der Waals surface area contributed by atoms with Crippen molar-refractivity contribution >= 4 is 11.6 Å². The molecule has 0 aliphatic heterocycles. The van der Waals surface area contributed by atoms with Gasteiger partial charge in [-0.05, 0) is 49.4 Å². The number of amides is 1. The van der Waals surface area contributed by atoms with Gasteiger partial charge in [0.25, 0.3) is 0 Å². The summed E-state index contributed by atoms with van der Waals surface area (Å²) in [7, 11) is 0. The molecule has 1 aliphatic carbocycles. The van der Waals surface area contributed by atoms with E-state index in [4.69, 9.17) is 0 Å². The quantitative estimate of drug-likeness (QED) is 0.819. The molecule has 0 saturated heterocycles. The normalized spacial score (nSPS) is 23.6. The Hall–Kier alpha value is -1.64. The lowest BCUT2D eigenvalue weighted by atomic mass is 10.1. The summed E-state index contributed by atoms with van der Waals surface area (Å²) in [5, 5.41) is 2.86. The fraction of sp³-hybridized carbons (Fsp3) is 0.438. The molecule has 1 aliphatic rings. The van der Waals surface area contributed by atoms with Crippen LogP contribution in [0.3, 0.4) is 0 Å². The fourth-order valence-corrected chi connectivity index (χ4v) is 2.60. The van der Waals surface area contributed by atoms with E-state index < -0.39 is 0 Å². The topological polar surface area (TPSA) is 29.1 Å². The first kappa shape index (κ1) is 13.8. The van der Waals surface area contributed by atoms with E-state index in [2.05, 4.69) is 25.2 Å². The molecule has 0 bridgehead atoms. The maximum atomic E-state index is 12.8. The van der Waals surface area contributed by atoms with Gasteiger partial charge in [-0.3, -0.25) is 4.79 Å². The van der Waals surface area contributed by atoms with E-state index in [1.807, 2.05) is 13.8 Å². The zero-order valence-electron chi connectivity index (χ0n) is 11.8. The van der Waals surface area contributed by atoms with Gasteiger partial charge < -0.3 is 5.32 Å². The number of halogens is 1. The molecule has 1 amide bonds. The van der Waals surface area contributed by atoms with Crippen LogP contribution in [0.15, 0.2) is 35.9 Å². The lowest BCUT2D eigenvalue weighted by Crippen LogP contribution is -2.16. The standard InChI is InChI=1S/C16H20FNO/c1-10(2)9-13-14(16(13,3)4)15(19)18-12-7-5-11(17)6-8-12/h5-9,13-14H,1-4H3,(H,18,19)/t13-,14+/m1/s1. The molecular weight excluding hydrogens is 241 g/mol. The first-order chi connectivity index (χ1) is 8.82. The maximum Gasteiger partial charge on any atom is 0.228 e. The molecule has 2 rings (SSSR count). The van der Waals surface area contributed by atoms with Gasteiger partial charge in [-0.15, -0.1) is 0 Å². The summed E-state index contributed by atoms with van der Waals surface area (Å²) in [4.78, 5) is 12.2. The number of anilines is 1. The number of carbonyl (C=O) groups is 1. The van der Waals surface area contributed by atoms with Crippen molar-refractivity contribution in [3.63, 3.8) is 0 Å². The average Bonchev–Trinajstić information content (AvgIpc) is 2.83. The Labute approximate surface area is 113 Å². The second-order valence-electron chi connectivity index (χ2n) is 6.06. The summed E-state index contributed by atoms with van der Waals surface area (Å²) in [6.45, 7) is 8.30. The van der Waals surface area contributed by atoms with E-state index in [1.165, 1.54) is 17.7 Å². The largest absolute Gasteiger partial charge is 0.326 e. The van der Waals surface area contributed by atoms with Crippen molar-refractivity contribution in [1.29, 1.82) is 0 Å². The molecule has 0 aromatic heterocycles. The van der Waals surface area contributed by atoms with Gasteiger partial charge in [-0.2, -0.15) is 0 Å². The van der Waals surface area contributed by atoms with E-state index in [0.29, 0.717) is 5.69 Å². The van der Waals surface area contributed by atoms with Crippen molar-refractivity contribution < 1.29 is 9.18 Å². The number of benzene rings is 1. The van der Waals surface area contributed by atoms with E-state index in [-0.39, 0.29) is 29.0 Å². The maximum absolute atomic E-state index is 12.8. The first-order valence-corrected chi connectivity index (χ1v) is 6.54. The highest BCUT2D eigenvalue weighted by molar-refractivity contribution is 5.95. The van der Waals surface area contributed by atoms with E-state index >= 15 is 0 Å². The molecule has 2 atom stereocenters. The van der Waals surface area contributed by atoms with Crippen LogP contribution in [0.25, 0.3) is 0 Å². The Morgan fingerprint density at radius 2 is 1.84 bits per heavy atom. The zero-order chi connectivity index (χ0) is 14.2. The molecule has 1 aromatic carbocycles. The van der Waals surface area contributed by atoms with Gasteiger partial charge in [0.05, 0.1) is 5.92 Å². The van der Waals surface area contributed by atoms with Crippen LogP contribution in [0.2, 0.25) is 0 Å². The Balaban J connectivity index is 2.05. The van der Waals surface area contributed by atoms with Crippen LogP contribution in [0, 0.1) is 23.1 Å². The van der Waals surface area contributed by atoms with Gasteiger partial charge in [0.1, 0.15) is 5.82 Å². The van der Waals surface area contributed by atoms with Crippen molar-refractivity contribution in [3.05, 3.63) is 41.7 Å². The minimum Gasteiger partial charge on any atom is -0.326 e. The minimum atomic E-state index is -0.299. The number of rotatable bonds is 3. The van der Waals surface area contributed by atoms with E-state index in [0.717, 1.165) is 0 Å². The number of nitrogens with one attached hydrogen (secondary N) is 1. The van der Waals surface area contributed by atoms with Gasteiger partial charge in [-0.25, -0.2) is 4.39 Å². The summed E-state index contributed by atoms with van der Waals surface area (Å²) in [5.41, 5.74) is 1.88. The van der Waals surface area contributed by atoms with Crippen LogP contribution >= 0.6 is 0 Å². The Kier molecular flexibility index (Phi) is 3.48. The summed E-state index contributed by atoms with van der Waals surface area (Å²) in [6, 6.07) is 5.86. The minimum absolute atomic E-state index is 0.00137. The predicted molar refractivity (Wildman–Crippen MR) is 75.2 cm³/mol. The average molecular weight is 261 g/mol. The van der Waals surface area contributed by atoms with Gasteiger partial charge >= 0.3 is 0 Å². The molecule has 102 valence electrons. The predicted octanol–water partition coefficient (Wildman–Crippen LogP) is 4.00. The van der Waals surface area contributed by atoms with Gasteiger partial charge in [-0.1, -0.05) is 25.5 Å². The molecule has 2 nitrogen and oxygen atoms in total. The molecule has 1 fully saturated rings. The highest BCUT2D eigenvalue weighted by Crippen LogP contribution is 2.59. The highest BCUT2D eigenvalue weighted by Gasteiger charge is 2.60. The Morgan fingerprint density at radius 3 is 2.37 bits per heavy atom. The summed E-state index contributed by atoms with van der Waals surface area (Å²) in [6.07, 6.45) is 2.16. The van der Waals surface area contributed by atoms with Crippen molar-refractivity contribution in [1.82, 2.24) is 0 Å². The van der Waals surface area contributed by atoms with Crippen LogP contribution < -0.4 is 5.32 Å². The van der Waals surface area contributed by atoms with Gasteiger partial charge in [0.2, 0.25) is 5.91 Å². The molecular formula is C16H20FNO. The molecule has 1 saturated carbocycles. The summed E-state index contributed by atoms with van der Waals surface area (Å²) in [5.74, 6) is -0.00308. The first-order valence-electron chi connectivity index (χ1n) is 6.54. The number of hydrogen-bond acceptors (Lipinski definition) is 1. The third kappa shape index (κ3) is 2.86. The molecule has 19 heavy (non-hydrogen) atoms. The van der Waals surface area contributed by atoms with Crippen molar-refractivity contribution in [2.24, 2.45) is 17.3 Å². The third-order valence-corrected chi connectivity index (χ3v) is 3.82. The lowest BCUT2D eigenvalue weighted by Gasteiger charge is -2.05. The van der Waals surface area contributed by atoms with Crippen molar-refractivity contribution in [3.8, 4) is 0 Å². The van der Waals surface area contributed by atoms with Gasteiger partial charge in [0, 0.05) is 5.69 Å². The monoisotopic (exact) mass is 261 g/mol. The van der Waals surface area contributed by atoms with Crippen LogP contribution in [-0.4, -0.2) is 5.91 Å². The van der Waals surface area contributed by atoms with Crippen molar-refractivity contribution in [2.45, 2.75) is 27.7 Å². The van der Waals surface area contributed by atoms with Crippen LogP contribution in [0.5, 0.6) is 0 Å². The van der Waals surface area contributed by atoms with Crippen LogP contribution in [0.1, 0.15) is 27.7 Å². The number of hydrogen-bond donors (Lipinski definition) is 1. The zero-order valence-corrected chi connectivity index (χ0v) is 11.8. The van der Waals surface area contributed by atoms with Crippen LogP contribution in [0.4, 0.5) is 10.1 Å². The second-order valence-corrected chi connectivity index (χ2v) is 6.06. The summed E-state index contributed by atoms with van der Waals surface area (Å²) < 4.78 is 12.8. The van der Waals surface area contributed by atoms with Gasteiger partial charge in [0.15, 0.2) is 0 Å². The molecule has 3 heteroatoms. The molecule has 0 radical (unpaired) electrons. The highest BCUT2D eigenvalue weighted by atomic mass is 19.1. The molecule has 1 aromatic rings.